The first-order valence-corrected chi connectivity index (χ1v) is 6.69. The lowest BCUT2D eigenvalue weighted by atomic mass is 10.1. The van der Waals surface area contributed by atoms with Crippen LogP contribution in [0.3, 0.4) is 0 Å². The Bertz CT molecular complexity index is 511. The van der Waals surface area contributed by atoms with Gasteiger partial charge in [0.25, 0.3) is 0 Å². The second kappa shape index (κ2) is 6.01. The molecule has 0 bridgehead atoms. The molecule has 18 heavy (non-hydrogen) atoms. The Hall–Kier alpha value is -1.35. The molecule has 1 unspecified atom stereocenters. The topological polar surface area (TPSA) is 9.23 Å². The first-order valence-electron chi connectivity index (χ1n) is 5.77. The molecule has 0 aliphatic rings. The monoisotopic (exact) mass is 308 g/mol. The number of hydrogen-bond donors (Lipinski definition) is 0. The van der Waals surface area contributed by atoms with Crippen molar-refractivity contribution in [1.82, 2.24) is 0 Å². The van der Waals surface area contributed by atoms with Gasteiger partial charge < -0.3 is 4.74 Å². The van der Waals surface area contributed by atoms with Crippen LogP contribution in [-0.4, -0.2) is 0 Å². The lowest BCUT2D eigenvalue weighted by Crippen LogP contribution is -2.01. The Labute approximate surface area is 115 Å². The zero-order valence-corrected chi connectivity index (χ0v) is 11.7. The van der Waals surface area contributed by atoms with E-state index in [2.05, 4.69) is 15.9 Å². The minimum Gasteiger partial charge on any atom is -0.485 e. The van der Waals surface area contributed by atoms with Crippen LogP contribution in [0.2, 0.25) is 0 Å². The van der Waals surface area contributed by atoms with Crippen LogP contribution in [-0.2, 0) is 6.61 Å². The molecule has 0 aliphatic carbocycles. The molecule has 0 amide bonds. The molecule has 1 atom stereocenters. The number of hydrogen-bond acceptors (Lipinski definition) is 1. The number of alkyl halides is 1. The van der Waals surface area contributed by atoms with Crippen LogP contribution >= 0.6 is 15.9 Å². The Balaban J connectivity index is 2.19. The van der Waals surface area contributed by atoms with Gasteiger partial charge in [0, 0.05) is 10.4 Å². The van der Waals surface area contributed by atoms with Gasteiger partial charge in [-0.2, -0.15) is 0 Å². The quantitative estimate of drug-likeness (QED) is 0.733. The van der Waals surface area contributed by atoms with E-state index in [0.717, 1.165) is 11.1 Å². The van der Waals surface area contributed by atoms with E-state index in [1.54, 1.807) is 6.07 Å². The van der Waals surface area contributed by atoms with Crippen molar-refractivity contribution >= 4 is 15.9 Å². The fraction of sp³-hybridized carbons (Fsp3) is 0.200. The van der Waals surface area contributed by atoms with Gasteiger partial charge in [-0.15, -0.1) is 0 Å². The van der Waals surface area contributed by atoms with Gasteiger partial charge in [0.1, 0.15) is 6.61 Å². The van der Waals surface area contributed by atoms with Gasteiger partial charge in [-0.05, 0) is 18.6 Å². The van der Waals surface area contributed by atoms with Crippen LogP contribution in [0.25, 0.3) is 0 Å². The van der Waals surface area contributed by atoms with Gasteiger partial charge in [0.05, 0.1) is 0 Å². The summed E-state index contributed by atoms with van der Waals surface area (Å²) >= 11 is 3.45. The highest BCUT2D eigenvalue weighted by Crippen LogP contribution is 2.33. The van der Waals surface area contributed by atoms with E-state index in [4.69, 9.17) is 4.74 Å². The molecule has 0 spiro atoms. The second-order valence-electron chi connectivity index (χ2n) is 4.05. The van der Waals surface area contributed by atoms with Gasteiger partial charge in [-0.25, -0.2) is 4.39 Å². The van der Waals surface area contributed by atoms with Crippen molar-refractivity contribution in [2.45, 2.75) is 18.4 Å². The number of ether oxygens (including phenoxy) is 1. The third-order valence-electron chi connectivity index (χ3n) is 2.65. The van der Waals surface area contributed by atoms with Crippen molar-refractivity contribution < 1.29 is 9.13 Å². The Morgan fingerprint density at radius 1 is 1.11 bits per heavy atom. The molecule has 0 fully saturated rings. The number of halogens is 2. The highest BCUT2D eigenvalue weighted by Gasteiger charge is 2.13. The lowest BCUT2D eigenvalue weighted by Gasteiger charge is -2.13. The summed E-state index contributed by atoms with van der Waals surface area (Å²) in [4.78, 5) is 0.0546. The van der Waals surface area contributed by atoms with Gasteiger partial charge in [-0.1, -0.05) is 58.4 Å². The molecule has 0 saturated carbocycles. The van der Waals surface area contributed by atoms with E-state index in [0.29, 0.717) is 12.4 Å². The molecular formula is C15H14BrFO. The standard InChI is InChI=1S/C15H14BrFO/c1-11(16)13-8-5-9-14(17)15(13)18-10-12-6-3-2-4-7-12/h2-9,11H,10H2,1H3. The molecule has 3 heteroatoms. The first-order chi connectivity index (χ1) is 8.68. The summed E-state index contributed by atoms with van der Waals surface area (Å²) < 4.78 is 19.4. The molecule has 0 saturated heterocycles. The molecule has 0 N–H and O–H groups in total. The number of para-hydroxylation sites is 1. The summed E-state index contributed by atoms with van der Waals surface area (Å²) in [5.41, 5.74) is 1.85. The van der Waals surface area contributed by atoms with Crippen LogP contribution in [0.4, 0.5) is 4.39 Å². The number of benzene rings is 2. The largest absolute Gasteiger partial charge is 0.485 e. The van der Waals surface area contributed by atoms with E-state index >= 15 is 0 Å². The summed E-state index contributed by atoms with van der Waals surface area (Å²) in [5.74, 6) is 0.000425. The first kappa shape index (κ1) is 13.1. The SMILES string of the molecule is CC(Br)c1cccc(F)c1OCc1ccccc1. The molecular weight excluding hydrogens is 295 g/mol. The molecule has 0 aromatic heterocycles. The Morgan fingerprint density at radius 3 is 2.50 bits per heavy atom. The molecule has 0 aliphatic heterocycles. The van der Waals surface area contributed by atoms with Crippen molar-refractivity contribution in [1.29, 1.82) is 0 Å². The molecule has 0 radical (unpaired) electrons. The summed E-state index contributed by atoms with van der Waals surface area (Å²) in [6.45, 7) is 2.32. The van der Waals surface area contributed by atoms with E-state index in [9.17, 15) is 4.39 Å². The Morgan fingerprint density at radius 2 is 1.83 bits per heavy atom. The second-order valence-corrected chi connectivity index (χ2v) is 5.42. The summed E-state index contributed by atoms with van der Waals surface area (Å²) in [6, 6.07) is 14.7. The van der Waals surface area contributed by atoms with Crippen LogP contribution in [0.5, 0.6) is 5.75 Å². The van der Waals surface area contributed by atoms with Gasteiger partial charge in [0.2, 0.25) is 0 Å². The average Bonchev–Trinajstić information content (AvgIpc) is 2.38. The van der Waals surface area contributed by atoms with E-state index in [1.807, 2.05) is 43.3 Å². The maximum absolute atomic E-state index is 13.8. The maximum Gasteiger partial charge on any atom is 0.165 e. The van der Waals surface area contributed by atoms with Crippen molar-refractivity contribution in [3.8, 4) is 5.75 Å². The summed E-state index contributed by atoms with van der Waals surface area (Å²) in [7, 11) is 0. The van der Waals surface area contributed by atoms with Crippen LogP contribution < -0.4 is 4.74 Å². The summed E-state index contributed by atoms with van der Waals surface area (Å²) in [5, 5.41) is 0. The van der Waals surface area contributed by atoms with Gasteiger partial charge in [0.15, 0.2) is 11.6 Å². The fourth-order valence-electron chi connectivity index (χ4n) is 1.72. The molecule has 2 aromatic carbocycles. The van der Waals surface area contributed by atoms with Crippen LogP contribution in [0.15, 0.2) is 48.5 Å². The molecule has 1 nitrogen and oxygen atoms in total. The zero-order chi connectivity index (χ0) is 13.0. The minimum atomic E-state index is -0.324. The third kappa shape index (κ3) is 3.10. The highest BCUT2D eigenvalue weighted by molar-refractivity contribution is 9.09. The van der Waals surface area contributed by atoms with Crippen molar-refractivity contribution in [2.75, 3.05) is 0 Å². The third-order valence-corrected chi connectivity index (χ3v) is 3.15. The van der Waals surface area contributed by atoms with Crippen molar-refractivity contribution in [3.05, 3.63) is 65.5 Å². The zero-order valence-electron chi connectivity index (χ0n) is 10.1. The van der Waals surface area contributed by atoms with Crippen molar-refractivity contribution in [2.24, 2.45) is 0 Å². The van der Waals surface area contributed by atoms with Gasteiger partial charge >= 0.3 is 0 Å². The molecule has 94 valence electrons. The van der Waals surface area contributed by atoms with E-state index in [-0.39, 0.29) is 10.6 Å². The lowest BCUT2D eigenvalue weighted by molar-refractivity contribution is 0.287. The molecule has 2 aromatic rings. The van der Waals surface area contributed by atoms with E-state index < -0.39 is 0 Å². The summed E-state index contributed by atoms with van der Waals surface area (Å²) in [6.07, 6.45) is 0. The van der Waals surface area contributed by atoms with Crippen molar-refractivity contribution in [3.63, 3.8) is 0 Å². The predicted octanol–water partition coefficient (Wildman–Crippen LogP) is 4.86. The number of rotatable bonds is 4. The van der Waals surface area contributed by atoms with Gasteiger partial charge in [-0.3, -0.25) is 0 Å². The molecule has 2 rings (SSSR count). The predicted molar refractivity (Wildman–Crippen MR) is 74.5 cm³/mol. The smallest absolute Gasteiger partial charge is 0.165 e. The minimum absolute atomic E-state index is 0.0546. The van der Waals surface area contributed by atoms with E-state index in [1.165, 1.54) is 6.07 Å². The maximum atomic E-state index is 13.8. The molecule has 0 heterocycles. The van der Waals surface area contributed by atoms with Crippen LogP contribution in [0.1, 0.15) is 22.9 Å². The average molecular weight is 309 g/mol. The fourth-order valence-corrected chi connectivity index (χ4v) is 2.08. The normalized spacial score (nSPS) is 12.2. The highest BCUT2D eigenvalue weighted by atomic mass is 79.9. The van der Waals surface area contributed by atoms with Crippen LogP contribution in [0, 0.1) is 5.82 Å². The Kier molecular flexibility index (Phi) is 4.37.